The van der Waals surface area contributed by atoms with E-state index in [-0.39, 0.29) is 0 Å². The van der Waals surface area contributed by atoms with Crippen molar-refractivity contribution in [1.82, 2.24) is 0 Å². The molecule has 0 aliphatic carbocycles. The molecular formula is C19H38O. The zero-order valence-corrected chi connectivity index (χ0v) is 14.2. The van der Waals surface area contributed by atoms with Gasteiger partial charge in [0.15, 0.2) is 0 Å². The van der Waals surface area contributed by atoms with E-state index in [9.17, 15) is 0 Å². The second-order valence-electron chi connectivity index (χ2n) is 6.72. The van der Waals surface area contributed by atoms with E-state index in [0.717, 1.165) is 12.5 Å². The molecule has 0 saturated carbocycles. The predicted octanol–water partition coefficient (Wildman–Crippen LogP) is 6.50. The molecule has 0 N–H and O–H groups in total. The van der Waals surface area contributed by atoms with Crippen molar-refractivity contribution in [3.63, 3.8) is 0 Å². The Hall–Kier alpha value is -0.0400. The quantitative estimate of drug-likeness (QED) is 0.350. The van der Waals surface area contributed by atoms with Gasteiger partial charge in [0.2, 0.25) is 0 Å². The van der Waals surface area contributed by atoms with Gasteiger partial charge < -0.3 is 4.74 Å². The molecule has 0 unspecified atom stereocenters. The summed E-state index contributed by atoms with van der Waals surface area (Å²) in [7, 11) is 0. The molecule has 0 bridgehead atoms. The van der Waals surface area contributed by atoms with E-state index in [2.05, 4.69) is 13.8 Å². The van der Waals surface area contributed by atoms with Crippen molar-refractivity contribution < 1.29 is 4.74 Å². The van der Waals surface area contributed by atoms with Crippen LogP contribution in [-0.2, 0) is 4.74 Å². The number of ether oxygens (including phenoxy) is 1. The Balaban J connectivity index is 1.99. The van der Waals surface area contributed by atoms with Gasteiger partial charge >= 0.3 is 0 Å². The summed E-state index contributed by atoms with van der Waals surface area (Å²) in [6.07, 6.45) is 20.2. The third-order valence-electron chi connectivity index (χ3n) is 4.87. The van der Waals surface area contributed by atoms with Gasteiger partial charge in [-0.1, -0.05) is 84.5 Å². The topological polar surface area (TPSA) is 9.23 Å². The second kappa shape index (κ2) is 12.7. The lowest BCUT2D eigenvalue weighted by molar-refractivity contribution is 0.0785. The molecule has 1 nitrogen and oxygen atoms in total. The number of rotatable bonds is 13. The molecule has 1 heteroatoms. The van der Waals surface area contributed by atoms with Crippen molar-refractivity contribution in [2.45, 2.75) is 110 Å². The van der Waals surface area contributed by atoms with Crippen LogP contribution in [0.4, 0.5) is 0 Å². The van der Waals surface area contributed by atoms with Crippen LogP contribution in [0.3, 0.4) is 0 Å². The lowest BCUT2D eigenvalue weighted by Gasteiger charge is -2.18. The summed E-state index contributed by atoms with van der Waals surface area (Å²) in [5, 5.41) is 0. The van der Waals surface area contributed by atoms with Gasteiger partial charge in [-0.2, -0.15) is 0 Å². The van der Waals surface area contributed by atoms with E-state index in [0.29, 0.717) is 6.10 Å². The van der Waals surface area contributed by atoms with E-state index < -0.39 is 0 Å². The van der Waals surface area contributed by atoms with Crippen molar-refractivity contribution in [2.75, 3.05) is 6.61 Å². The number of hydrogen-bond acceptors (Lipinski definition) is 1. The van der Waals surface area contributed by atoms with Crippen molar-refractivity contribution in [3.8, 4) is 0 Å². The average molecular weight is 283 g/mol. The van der Waals surface area contributed by atoms with Crippen LogP contribution >= 0.6 is 0 Å². The highest BCUT2D eigenvalue weighted by atomic mass is 16.5. The van der Waals surface area contributed by atoms with Gasteiger partial charge in [0.25, 0.3) is 0 Å². The molecule has 1 heterocycles. The van der Waals surface area contributed by atoms with Gasteiger partial charge in [-0.15, -0.1) is 0 Å². The Kier molecular flexibility index (Phi) is 11.4. The maximum Gasteiger partial charge on any atom is 0.0604 e. The molecule has 1 saturated heterocycles. The maximum atomic E-state index is 5.97. The van der Waals surface area contributed by atoms with E-state index in [4.69, 9.17) is 4.74 Å². The lowest BCUT2D eigenvalue weighted by Crippen LogP contribution is -2.15. The Morgan fingerprint density at radius 1 is 0.700 bits per heavy atom. The fourth-order valence-corrected chi connectivity index (χ4v) is 3.48. The van der Waals surface area contributed by atoms with Gasteiger partial charge in [0.1, 0.15) is 0 Å². The van der Waals surface area contributed by atoms with E-state index in [1.165, 1.54) is 89.9 Å². The highest BCUT2D eigenvalue weighted by Gasteiger charge is 2.26. The molecule has 1 aliphatic rings. The molecule has 0 aromatic heterocycles. The molecule has 0 aromatic carbocycles. The Morgan fingerprint density at radius 3 is 1.90 bits per heavy atom. The van der Waals surface area contributed by atoms with Crippen molar-refractivity contribution >= 4 is 0 Å². The van der Waals surface area contributed by atoms with Crippen LogP contribution in [0.1, 0.15) is 104 Å². The molecule has 1 aliphatic heterocycles. The van der Waals surface area contributed by atoms with Crippen LogP contribution in [0.25, 0.3) is 0 Å². The average Bonchev–Trinajstić information content (AvgIpc) is 2.90. The zero-order valence-electron chi connectivity index (χ0n) is 14.2. The molecule has 0 amide bonds. The Bertz CT molecular complexity index is 202. The third-order valence-corrected chi connectivity index (χ3v) is 4.87. The molecule has 120 valence electrons. The molecule has 0 aromatic rings. The van der Waals surface area contributed by atoms with Crippen LogP contribution in [0.5, 0.6) is 0 Å². The summed E-state index contributed by atoms with van der Waals surface area (Å²) in [5.41, 5.74) is 0. The third kappa shape index (κ3) is 8.29. The van der Waals surface area contributed by atoms with Crippen LogP contribution in [0.15, 0.2) is 0 Å². The van der Waals surface area contributed by atoms with Gasteiger partial charge in [0.05, 0.1) is 6.10 Å². The van der Waals surface area contributed by atoms with Crippen molar-refractivity contribution in [2.24, 2.45) is 5.92 Å². The monoisotopic (exact) mass is 282 g/mol. The molecule has 20 heavy (non-hydrogen) atoms. The first-order valence-corrected chi connectivity index (χ1v) is 9.50. The molecular weight excluding hydrogens is 244 g/mol. The highest BCUT2D eigenvalue weighted by molar-refractivity contribution is 4.76. The maximum absolute atomic E-state index is 5.97. The zero-order chi connectivity index (χ0) is 14.5. The van der Waals surface area contributed by atoms with Gasteiger partial charge in [-0.3, -0.25) is 0 Å². The molecule has 1 rings (SSSR count). The second-order valence-corrected chi connectivity index (χ2v) is 6.72. The molecule has 0 spiro atoms. The summed E-state index contributed by atoms with van der Waals surface area (Å²) < 4.78 is 5.97. The summed E-state index contributed by atoms with van der Waals surface area (Å²) in [4.78, 5) is 0. The largest absolute Gasteiger partial charge is 0.378 e. The normalized spacial score (nSPS) is 22.5. The van der Waals surface area contributed by atoms with Crippen molar-refractivity contribution in [3.05, 3.63) is 0 Å². The van der Waals surface area contributed by atoms with Gasteiger partial charge in [0, 0.05) is 6.61 Å². The van der Waals surface area contributed by atoms with E-state index in [1.807, 2.05) is 0 Å². The van der Waals surface area contributed by atoms with Crippen LogP contribution < -0.4 is 0 Å². The Labute approximate surface area is 127 Å². The first-order valence-electron chi connectivity index (χ1n) is 9.50. The van der Waals surface area contributed by atoms with Crippen LogP contribution in [0, 0.1) is 5.92 Å². The van der Waals surface area contributed by atoms with E-state index in [1.54, 1.807) is 0 Å². The SMILES string of the molecule is CCCCCCCC[C@H]1OCC[C@@H]1CCCCCCC. The minimum atomic E-state index is 0.604. The van der Waals surface area contributed by atoms with Crippen LogP contribution in [0.2, 0.25) is 0 Å². The Morgan fingerprint density at radius 2 is 1.25 bits per heavy atom. The lowest BCUT2D eigenvalue weighted by atomic mass is 9.91. The summed E-state index contributed by atoms with van der Waals surface area (Å²) in [5.74, 6) is 0.882. The smallest absolute Gasteiger partial charge is 0.0604 e. The summed E-state index contributed by atoms with van der Waals surface area (Å²) in [6.45, 7) is 5.61. The fraction of sp³-hybridized carbons (Fsp3) is 1.00. The number of hydrogen-bond donors (Lipinski definition) is 0. The minimum absolute atomic E-state index is 0.604. The summed E-state index contributed by atoms with van der Waals surface area (Å²) >= 11 is 0. The molecule has 1 fully saturated rings. The first-order chi connectivity index (χ1) is 9.88. The fourth-order valence-electron chi connectivity index (χ4n) is 3.48. The standard InChI is InChI=1S/C19H38O/c1-3-5-7-9-11-13-15-19-18(16-17-20-19)14-12-10-8-6-4-2/h18-19H,3-17H2,1-2H3/t18-,19+/m0/s1. The van der Waals surface area contributed by atoms with Crippen molar-refractivity contribution in [1.29, 1.82) is 0 Å². The minimum Gasteiger partial charge on any atom is -0.378 e. The predicted molar refractivity (Wildman–Crippen MR) is 89.2 cm³/mol. The summed E-state index contributed by atoms with van der Waals surface area (Å²) in [6, 6.07) is 0. The van der Waals surface area contributed by atoms with E-state index >= 15 is 0 Å². The highest BCUT2D eigenvalue weighted by Crippen LogP contribution is 2.30. The van der Waals surface area contributed by atoms with Crippen LogP contribution in [-0.4, -0.2) is 12.7 Å². The van der Waals surface area contributed by atoms with Gasteiger partial charge in [-0.05, 0) is 25.2 Å². The molecule has 2 atom stereocenters. The number of unbranched alkanes of at least 4 members (excludes halogenated alkanes) is 9. The first kappa shape index (κ1) is 18.0. The van der Waals surface area contributed by atoms with Gasteiger partial charge in [-0.25, -0.2) is 0 Å². The molecule has 0 radical (unpaired) electrons.